The van der Waals surface area contributed by atoms with Crippen LogP contribution in [0.25, 0.3) is 0 Å². The van der Waals surface area contributed by atoms with Gasteiger partial charge in [0.15, 0.2) is 11.6 Å². The molecule has 0 aliphatic carbocycles. The van der Waals surface area contributed by atoms with Crippen molar-refractivity contribution in [2.45, 2.75) is 25.7 Å². The van der Waals surface area contributed by atoms with Gasteiger partial charge in [0, 0.05) is 36.5 Å². The maximum absolute atomic E-state index is 13.8. The minimum atomic E-state index is -0.520. The first kappa shape index (κ1) is 15.5. The summed E-state index contributed by atoms with van der Waals surface area (Å²) in [5, 5.41) is 0. The van der Waals surface area contributed by atoms with E-state index < -0.39 is 5.82 Å². The van der Waals surface area contributed by atoms with Crippen LogP contribution in [0.5, 0.6) is 5.75 Å². The maximum atomic E-state index is 13.8. The zero-order valence-electron chi connectivity index (χ0n) is 13.3. The van der Waals surface area contributed by atoms with Crippen LogP contribution >= 0.6 is 0 Å². The summed E-state index contributed by atoms with van der Waals surface area (Å²) in [4.78, 5) is 22.0. The summed E-state index contributed by atoms with van der Waals surface area (Å²) in [5.41, 5.74) is 1.36. The molecule has 1 aliphatic heterocycles. The van der Waals surface area contributed by atoms with Crippen LogP contribution in [0.3, 0.4) is 0 Å². The van der Waals surface area contributed by atoms with Crippen LogP contribution in [-0.2, 0) is 0 Å². The van der Waals surface area contributed by atoms with E-state index in [-0.39, 0.29) is 17.6 Å². The molecule has 0 bridgehead atoms. The average molecular weight is 317 g/mol. The fourth-order valence-electron chi connectivity index (χ4n) is 3.01. The number of piperidine rings is 1. The molecule has 0 saturated carbocycles. The standard InChI is InChI=1S/C17H20FN3O2/c1-11-9-19-16(20-11)13-4-3-7-21(10-13)17(22)12-5-6-15(23-2)14(18)8-12/h5-6,8-9,13H,3-4,7,10H2,1-2H3,(H,19,20). The van der Waals surface area contributed by atoms with Gasteiger partial charge in [-0.1, -0.05) is 0 Å². The third-order valence-corrected chi connectivity index (χ3v) is 4.22. The normalized spacial score (nSPS) is 18.0. The number of rotatable bonds is 3. The Hall–Kier alpha value is -2.37. The number of amides is 1. The summed E-state index contributed by atoms with van der Waals surface area (Å²) in [6.07, 6.45) is 3.71. The van der Waals surface area contributed by atoms with E-state index in [1.165, 1.54) is 19.2 Å². The molecule has 2 aromatic rings. The number of ether oxygens (including phenoxy) is 1. The quantitative estimate of drug-likeness (QED) is 0.947. The number of aryl methyl sites for hydroxylation is 1. The molecule has 1 saturated heterocycles. The van der Waals surface area contributed by atoms with Crippen molar-refractivity contribution in [1.29, 1.82) is 0 Å². The van der Waals surface area contributed by atoms with Gasteiger partial charge in [-0.25, -0.2) is 9.37 Å². The van der Waals surface area contributed by atoms with Crippen molar-refractivity contribution in [2.24, 2.45) is 0 Å². The van der Waals surface area contributed by atoms with E-state index in [9.17, 15) is 9.18 Å². The number of hydrogen-bond acceptors (Lipinski definition) is 3. The first-order valence-electron chi connectivity index (χ1n) is 7.73. The molecule has 0 radical (unpaired) electrons. The van der Waals surface area contributed by atoms with Gasteiger partial charge in [0.1, 0.15) is 5.82 Å². The van der Waals surface area contributed by atoms with Crippen molar-refractivity contribution in [1.82, 2.24) is 14.9 Å². The van der Waals surface area contributed by atoms with E-state index in [1.807, 2.05) is 6.92 Å². The van der Waals surface area contributed by atoms with Crippen molar-refractivity contribution in [3.05, 3.63) is 47.3 Å². The Labute approximate surface area is 134 Å². The number of halogens is 1. The topological polar surface area (TPSA) is 58.2 Å². The average Bonchev–Trinajstić information content (AvgIpc) is 3.01. The number of aromatic nitrogens is 2. The van der Waals surface area contributed by atoms with E-state index in [2.05, 4.69) is 9.97 Å². The highest BCUT2D eigenvalue weighted by Crippen LogP contribution is 2.26. The van der Waals surface area contributed by atoms with Gasteiger partial charge in [-0.15, -0.1) is 0 Å². The molecule has 1 fully saturated rings. The molecule has 1 N–H and O–H groups in total. The third kappa shape index (κ3) is 3.21. The largest absolute Gasteiger partial charge is 0.494 e. The van der Waals surface area contributed by atoms with Gasteiger partial charge in [-0.3, -0.25) is 4.79 Å². The predicted octanol–water partition coefficient (Wildman–Crippen LogP) is 2.89. The molecule has 1 aromatic heterocycles. The van der Waals surface area contributed by atoms with Crippen molar-refractivity contribution in [3.63, 3.8) is 0 Å². The molecule has 23 heavy (non-hydrogen) atoms. The fourth-order valence-corrected chi connectivity index (χ4v) is 3.01. The van der Waals surface area contributed by atoms with Crippen molar-refractivity contribution >= 4 is 5.91 Å². The lowest BCUT2D eigenvalue weighted by molar-refractivity contribution is 0.0704. The lowest BCUT2D eigenvalue weighted by Crippen LogP contribution is -2.39. The fraction of sp³-hybridized carbons (Fsp3) is 0.412. The van der Waals surface area contributed by atoms with Crippen LogP contribution in [0.2, 0.25) is 0 Å². The lowest BCUT2D eigenvalue weighted by Gasteiger charge is -2.32. The first-order chi connectivity index (χ1) is 11.1. The maximum Gasteiger partial charge on any atom is 0.253 e. The number of likely N-dealkylation sites (tertiary alicyclic amines) is 1. The van der Waals surface area contributed by atoms with Gasteiger partial charge >= 0.3 is 0 Å². The van der Waals surface area contributed by atoms with Crippen LogP contribution in [0.4, 0.5) is 4.39 Å². The van der Waals surface area contributed by atoms with Gasteiger partial charge < -0.3 is 14.6 Å². The molecule has 6 heteroatoms. The molecular formula is C17H20FN3O2. The summed E-state index contributed by atoms with van der Waals surface area (Å²) in [7, 11) is 1.40. The summed E-state index contributed by atoms with van der Waals surface area (Å²) in [6.45, 7) is 3.24. The molecule has 1 unspecified atom stereocenters. The second-order valence-electron chi connectivity index (χ2n) is 5.89. The SMILES string of the molecule is COc1ccc(C(=O)N2CCCC(c3ncc(C)[nH]3)C2)cc1F. The molecule has 1 amide bonds. The number of hydrogen-bond donors (Lipinski definition) is 1. The molecular weight excluding hydrogens is 297 g/mol. The Bertz CT molecular complexity index is 714. The van der Waals surface area contributed by atoms with Crippen LogP contribution in [-0.4, -0.2) is 41.0 Å². The van der Waals surface area contributed by atoms with Crippen molar-refractivity contribution in [2.75, 3.05) is 20.2 Å². The monoisotopic (exact) mass is 317 g/mol. The highest BCUT2D eigenvalue weighted by atomic mass is 19.1. The second kappa shape index (κ2) is 6.40. The number of nitrogens with zero attached hydrogens (tertiary/aromatic N) is 2. The van der Waals surface area contributed by atoms with Crippen LogP contribution < -0.4 is 4.74 Å². The van der Waals surface area contributed by atoms with E-state index in [4.69, 9.17) is 4.74 Å². The van der Waals surface area contributed by atoms with E-state index in [1.54, 1.807) is 17.2 Å². The first-order valence-corrected chi connectivity index (χ1v) is 7.73. The van der Waals surface area contributed by atoms with Crippen LogP contribution in [0.15, 0.2) is 24.4 Å². The number of nitrogens with one attached hydrogen (secondary N) is 1. The molecule has 2 heterocycles. The van der Waals surface area contributed by atoms with Gasteiger partial charge in [0.2, 0.25) is 0 Å². The highest BCUT2D eigenvalue weighted by Gasteiger charge is 2.27. The predicted molar refractivity (Wildman–Crippen MR) is 84.2 cm³/mol. The molecule has 3 rings (SSSR count). The Balaban J connectivity index is 1.75. The Kier molecular flexibility index (Phi) is 4.32. The van der Waals surface area contributed by atoms with Gasteiger partial charge in [0.25, 0.3) is 5.91 Å². The Morgan fingerprint density at radius 1 is 1.48 bits per heavy atom. The Morgan fingerprint density at radius 3 is 2.96 bits per heavy atom. The molecule has 1 aromatic carbocycles. The number of methoxy groups -OCH3 is 1. The Morgan fingerprint density at radius 2 is 2.30 bits per heavy atom. The summed E-state index contributed by atoms with van der Waals surface area (Å²) >= 11 is 0. The van der Waals surface area contributed by atoms with Gasteiger partial charge in [-0.05, 0) is 38.0 Å². The summed E-state index contributed by atoms with van der Waals surface area (Å²) in [6, 6.07) is 4.33. The number of carbonyl (C=O) groups is 1. The number of H-pyrrole nitrogens is 1. The van der Waals surface area contributed by atoms with Crippen molar-refractivity contribution in [3.8, 4) is 5.75 Å². The summed E-state index contributed by atoms with van der Waals surface area (Å²) < 4.78 is 18.7. The second-order valence-corrected chi connectivity index (χ2v) is 5.89. The smallest absolute Gasteiger partial charge is 0.253 e. The van der Waals surface area contributed by atoms with Crippen LogP contribution in [0.1, 0.15) is 40.6 Å². The number of aromatic amines is 1. The third-order valence-electron chi connectivity index (χ3n) is 4.22. The van der Waals surface area contributed by atoms with Crippen LogP contribution in [0, 0.1) is 12.7 Å². The minimum Gasteiger partial charge on any atom is -0.494 e. The highest BCUT2D eigenvalue weighted by molar-refractivity contribution is 5.94. The number of carbonyl (C=O) groups excluding carboxylic acids is 1. The van der Waals surface area contributed by atoms with Gasteiger partial charge in [-0.2, -0.15) is 0 Å². The lowest BCUT2D eigenvalue weighted by atomic mass is 9.96. The zero-order valence-corrected chi connectivity index (χ0v) is 13.3. The molecule has 1 aliphatic rings. The van der Waals surface area contributed by atoms with Gasteiger partial charge in [0.05, 0.1) is 7.11 Å². The molecule has 122 valence electrons. The number of benzene rings is 1. The minimum absolute atomic E-state index is 0.143. The van der Waals surface area contributed by atoms with E-state index >= 15 is 0 Å². The molecule has 5 nitrogen and oxygen atoms in total. The molecule has 1 atom stereocenters. The van der Waals surface area contributed by atoms with Crippen molar-refractivity contribution < 1.29 is 13.9 Å². The molecule has 0 spiro atoms. The van der Waals surface area contributed by atoms with E-state index in [0.717, 1.165) is 24.4 Å². The van der Waals surface area contributed by atoms with E-state index in [0.29, 0.717) is 18.7 Å². The number of imidazole rings is 1. The summed E-state index contributed by atoms with van der Waals surface area (Å²) in [5.74, 6) is 0.586. The zero-order chi connectivity index (χ0) is 16.4.